The van der Waals surface area contributed by atoms with Gasteiger partial charge in [0.15, 0.2) is 5.84 Å². The molecule has 1 aromatic heterocycles. The standard InChI is InChI=1S/C46H30N4O/c47-29-30-11-7-20-38(25-30)45-48-44(32-14-5-2-6-15-32)49-46(50-45)39-21-10-22-42-43(39)40-28-37(23-24-41(40)51-42)36-19-9-18-35(27-36)34-17-8-16-33(26-34)31-12-3-1-4-13-31/h1-28,46H,(H,48,49,50). The first-order chi connectivity index (χ1) is 25.2. The topological polar surface area (TPSA) is 73.7 Å². The van der Waals surface area contributed by atoms with E-state index in [-0.39, 0.29) is 0 Å². The van der Waals surface area contributed by atoms with Crippen LogP contribution in [0.1, 0.15) is 28.4 Å². The molecule has 0 fully saturated rings. The fourth-order valence-corrected chi connectivity index (χ4v) is 6.86. The Balaban J connectivity index is 1.14. The van der Waals surface area contributed by atoms with Crippen LogP contribution in [0.5, 0.6) is 0 Å². The Bertz CT molecular complexity index is 2680. The second-order valence-electron chi connectivity index (χ2n) is 12.6. The van der Waals surface area contributed by atoms with E-state index in [0.717, 1.165) is 55.3 Å². The van der Waals surface area contributed by atoms with Gasteiger partial charge in [-0.05, 0) is 75.8 Å². The number of rotatable bonds is 6. The zero-order chi connectivity index (χ0) is 34.1. The number of hydrogen-bond donors (Lipinski definition) is 1. The maximum Gasteiger partial charge on any atom is 0.159 e. The van der Waals surface area contributed by atoms with Crippen LogP contribution in [0.3, 0.4) is 0 Å². The van der Waals surface area contributed by atoms with Crippen LogP contribution in [-0.2, 0) is 0 Å². The molecule has 1 atom stereocenters. The summed E-state index contributed by atoms with van der Waals surface area (Å²) >= 11 is 0. The van der Waals surface area contributed by atoms with Crippen LogP contribution in [0.15, 0.2) is 184 Å². The lowest BCUT2D eigenvalue weighted by Gasteiger charge is -2.24. The monoisotopic (exact) mass is 654 g/mol. The number of aliphatic imine (C=N–C) groups is 2. The summed E-state index contributed by atoms with van der Waals surface area (Å²) in [6.45, 7) is 0. The van der Waals surface area contributed by atoms with Gasteiger partial charge in [-0.15, -0.1) is 0 Å². The molecule has 0 aliphatic carbocycles. The Kier molecular flexibility index (Phi) is 7.53. The van der Waals surface area contributed by atoms with Crippen molar-refractivity contribution in [1.29, 1.82) is 5.26 Å². The molecule has 0 radical (unpaired) electrons. The van der Waals surface area contributed by atoms with Gasteiger partial charge in [-0.1, -0.05) is 127 Å². The third kappa shape index (κ3) is 5.75. The molecule has 0 amide bonds. The molecular weight excluding hydrogens is 625 g/mol. The van der Waals surface area contributed by atoms with Gasteiger partial charge in [0.1, 0.15) is 23.2 Å². The minimum Gasteiger partial charge on any atom is -0.456 e. The number of amidine groups is 2. The Labute approximate surface area is 295 Å². The molecule has 1 aliphatic rings. The Morgan fingerprint density at radius 1 is 0.510 bits per heavy atom. The summed E-state index contributed by atoms with van der Waals surface area (Å²) in [6, 6.07) is 60.1. The molecule has 1 aliphatic heterocycles. The quantitative estimate of drug-likeness (QED) is 0.194. The van der Waals surface area contributed by atoms with Crippen molar-refractivity contribution in [2.45, 2.75) is 6.17 Å². The molecule has 0 saturated heterocycles. The van der Waals surface area contributed by atoms with E-state index >= 15 is 0 Å². The zero-order valence-corrected chi connectivity index (χ0v) is 27.5. The summed E-state index contributed by atoms with van der Waals surface area (Å²) < 4.78 is 6.43. The second kappa shape index (κ2) is 12.8. The highest BCUT2D eigenvalue weighted by molar-refractivity contribution is 6.14. The normalized spacial score (nSPS) is 14.1. The highest BCUT2D eigenvalue weighted by atomic mass is 16.3. The number of nitrogens with zero attached hydrogens (tertiary/aromatic N) is 3. The molecule has 8 aromatic rings. The van der Waals surface area contributed by atoms with E-state index in [1.165, 1.54) is 16.7 Å². The van der Waals surface area contributed by atoms with Crippen LogP contribution in [0, 0.1) is 11.3 Å². The van der Waals surface area contributed by atoms with Crippen molar-refractivity contribution < 1.29 is 4.42 Å². The summed E-state index contributed by atoms with van der Waals surface area (Å²) in [7, 11) is 0. The summed E-state index contributed by atoms with van der Waals surface area (Å²) in [5.74, 6) is 1.28. The third-order valence-corrected chi connectivity index (χ3v) is 9.36. The van der Waals surface area contributed by atoms with Gasteiger partial charge in [-0.3, -0.25) is 0 Å². The van der Waals surface area contributed by atoms with Gasteiger partial charge >= 0.3 is 0 Å². The highest BCUT2D eigenvalue weighted by Gasteiger charge is 2.25. The molecule has 5 nitrogen and oxygen atoms in total. The van der Waals surface area contributed by atoms with Crippen molar-refractivity contribution in [2.24, 2.45) is 9.98 Å². The van der Waals surface area contributed by atoms with Crippen molar-refractivity contribution in [2.75, 3.05) is 0 Å². The smallest absolute Gasteiger partial charge is 0.159 e. The van der Waals surface area contributed by atoms with E-state index in [1.54, 1.807) is 6.07 Å². The first-order valence-corrected chi connectivity index (χ1v) is 16.9. The van der Waals surface area contributed by atoms with Crippen molar-refractivity contribution in [1.82, 2.24) is 5.32 Å². The maximum absolute atomic E-state index is 9.60. The Morgan fingerprint density at radius 2 is 1.10 bits per heavy atom. The molecule has 7 aromatic carbocycles. The molecule has 9 rings (SSSR count). The molecule has 240 valence electrons. The third-order valence-electron chi connectivity index (χ3n) is 9.36. The summed E-state index contributed by atoms with van der Waals surface area (Å²) in [5, 5.41) is 15.2. The average molecular weight is 655 g/mol. The van der Waals surface area contributed by atoms with E-state index in [4.69, 9.17) is 14.4 Å². The van der Waals surface area contributed by atoms with E-state index in [9.17, 15) is 5.26 Å². The minimum absolute atomic E-state index is 0.452. The van der Waals surface area contributed by atoms with Gasteiger partial charge in [0.2, 0.25) is 0 Å². The molecule has 51 heavy (non-hydrogen) atoms. The zero-order valence-electron chi connectivity index (χ0n) is 27.5. The molecule has 0 spiro atoms. The average Bonchev–Trinajstić information content (AvgIpc) is 3.60. The van der Waals surface area contributed by atoms with Gasteiger partial charge in [0, 0.05) is 27.5 Å². The largest absolute Gasteiger partial charge is 0.456 e. The van der Waals surface area contributed by atoms with Crippen LogP contribution in [0.4, 0.5) is 0 Å². The van der Waals surface area contributed by atoms with Crippen molar-refractivity contribution in [3.05, 3.63) is 192 Å². The molecule has 0 bridgehead atoms. The van der Waals surface area contributed by atoms with E-state index in [1.807, 2.05) is 66.7 Å². The van der Waals surface area contributed by atoms with Gasteiger partial charge in [-0.2, -0.15) is 5.26 Å². The van der Waals surface area contributed by atoms with Crippen LogP contribution in [-0.4, -0.2) is 11.7 Å². The van der Waals surface area contributed by atoms with Crippen molar-refractivity contribution in [3.63, 3.8) is 0 Å². The van der Waals surface area contributed by atoms with E-state index in [0.29, 0.717) is 17.2 Å². The molecular formula is C46H30N4O. The van der Waals surface area contributed by atoms with Crippen LogP contribution in [0.2, 0.25) is 0 Å². The first kappa shape index (κ1) is 30.1. The molecule has 5 heteroatoms. The van der Waals surface area contributed by atoms with Crippen molar-refractivity contribution in [3.8, 4) is 39.4 Å². The summed E-state index contributed by atoms with van der Waals surface area (Å²) in [6.07, 6.45) is -0.452. The second-order valence-corrected chi connectivity index (χ2v) is 12.6. The predicted octanol–water partition coefficient (Wildman–Crippen LogP) is 11.0. The van der Waals surface area contributed by atoms with E-state index in [2.05, 4.69) is 108 Å². The molecule has 1 unspecified atom stereocenters. The SMILES string of the molecule is N#Cc1cccc(C2=NC(c3ccccc3)=NC(c3cccc4oc5ccc(-c6cccc(-c7cccc(-c8ccccc8)c7)c6)cc5c34)N2)c1. The number of benzene rings is 7. The predicted molar refractivity (Wildman–Crippen MR) is 207 cm³/mol. The number of nitrogens with one attached hydrogen (secondary N) is 1. The lowest BCUT2D eigenvalue weighted by molar-refractivity contribution is 0.662. The minimum atomic E-state index is -0.452. The Hall–Kier alpha value is -7.03. The number of furan rings is 1. The Morgan fingerprint density at radius 3 is 1.80 bits per heavy atom. The number of nitriles is 1. The van der Waals surface area contributed by atoms with Crippen LogP contribution >= 0.6 is 0 Å². The van der Waals surface area contributed by atoms with E-state index < -0.39 is 6.17 Å². The van der Waals surface area contributed by atoms with Gasteiger partial charge in [-0.25, -0.2) is 9.98 Å². The molecule has 2 heterocycles. The lowest BCUT2D eigenvalue weighted by atomic mass is 9.95. The molecule has 1 N–H and O–H groups in total. The summed E-state index contributed by atoms with van der Waals surface area (Å²) in [5.41, 5.74) is 11.8. The fourth-order valence-electron chi connectivity index (χ4n) is 6.86. The van der Waals surface area contributed by atoms with Crippen LogP contribution < -0.4 is 5.32 Å². The maximum atomic E-state index is 9.60. The molecule has 0 saturated carbocycles. The number of hydrogen-bond acceptors (Lipinski definition) is 5. The number of fused-ring (bicyclic) bond motifs is 3. The van der Waals surface area contributed by atoms with Gasteiger partial charge in [0.25, 0.3) is 0 Å². The van der Waals surface area contributed by atoms with Gasteiger partial charge in [0.05, 0.1) is 11.6 Å². The fraction of sp³-hybridized carbons (Fsp3) is 0.0217. The van der Waals surface area contributed by atoms with Gasteiger partial charge < -0.3 is 9.73 Å². The van der Waals surface area contributed by atoms with Crippen molar-refractivity contribution >= 4 is 33.6 Å². The lowest BCUT2D eigenvalue weighted by Crippen LogP contribution is -2.33. The van der Waals surface area contributed by atoms with Crippen LogP contribution in [0.25, 0.3) is 55.3 Å². The first-order valence-electron chi connectivity index (χ1n) is 16.9. The highest BCUT2D eigenvalue weighted by Crippen LogP contribution is 2.38. The summed E-state index contributed by atoms with van der Waals surface area (Å²) in [4.78, 5) is 10.1.